The molecule has 2 heterocycles. The molecule has 2 aliphatic rings. The summed E-state index contributed by atoms with van der Waals surface area (Å²) in [5.41, 5.74) is -2.32. The smallest absolute Gasteiger partial charge is 0.416 e. The van der Waals surface area contributed by atoms with Gasteiger partial charge in [0.25, 0.3) is 11.8 Å². The Kier molecular flexibility index (Phi) is 10.7. The van der Waals surface area contributed by atoms with E-state index in [2.05, 4.69) is 20.4 Å². The molecule has 15 heteroatoms. The van der Waals surface area contributed by atoms with E-state index in [1.165, 1.54) is 12.1 Å². The molecule has 2 fully saturated rings. The predicted molar refractivity (Wildman–Crippen MR) is 168 cm³/mol. The van der Waals surface area contributed by atoms with Gasteiger partial charge in [-0.2, -0.15) is 26.3 Å². The number of nitrogens with one attached hydrogen (secondary N) is 2. The van der Waals surface area contributed by atoms with Crippen LogP contribution in [0.2, 0.25) is 0 Å². The average Bonchev–Trinajstić information content (AvgIpc) is 3.07. The van der Waals surface area contributed by atoms with Gasteiger partial charge in [0, 0.05) is 69.3 Å². The average molecular weight is 680 g/mol. The van der Waals surface area contributed by atoms with Gasteiger partial charge in [0.05, 0.1) is 42.7 Å². The number of carbonyl (C=O) groups is 2. The maximum absolute atomic E-state index is 13.6. The Morgan fingerprint density at radius 2 is 1.38 bits per heavy atom. The van der Waals surface area contributed by atoms with Crippen molar-refractivity contribution in [2.24, 2.45) is 0 Å². The highest BCUT2D eigenvalue weighted by molar-refractivity contribution is 6.06. The van der Waals surface area contributed by atoms with Crippen LogP contribution in [0, 0.1) is 0 Å². The Morgan fingerprint density at radius 1 is 0.771 bits per heavy atom. The lowest BCUT2D eigenvalue weighted by Crippen LogP contribution is -2.47. The molecule has 2 N–H and O–H groups in total. The van der Waals surface area contributed by atoms with Gasteiger partial charge in [-0.1, -0.05) is 12.1 Å². The second kappa shape index (κ2) is 14.7. The van der Waals surface area contributed by atoms with Gasteiger partial charge in [-0.25, -0.2) is 0 Å². The highest BCUT2D eigenvalue weighted by atomic mass is 19.4. The summed E-state index contributed by atoms with van der Waals surface area (Å²) in [6, 6.07) is 12.8. The van der Waals surface area contributed by atoms with Crippen molar-refractivity contribution in [3.8, 4) is 5.75 Å². The number of rotatable bonds is 9. The first-order valence-corrected chi connectivity index (χ1v) is 15.3. The summed E-state index contributed by atoms with van der Waals surface area (Å²) in [6.45, 7) is 5.81. The fourth-order valence-corrected chi connectivity index (χ4v) is 5.69. The number of morpholine rings is 1. The normalized spacial score (nSPS) is 16.1. The van der Waals surface area contributed by atoms with Crippen LogP contribution in [-0.2, 0) is 17.1 Å². The summed E-state index contributed by atoms with van der Waals surface area (Å²) in [6.07, 6.45) is -10.2. The molecular formula is C33H35F6N5O4. The van der Waals surface area contributed by atoms with Crippen molar-refractivity contribution in [1.82, 2.24) is 10.2 Å². The van der Waals surface area contributed by atoms with Crippen molar-refractivity contribution in [3.63, 3.8) is 0 Å². The van der Waals surface area contributed by atoms with Crippen LogP contribution in [-0.4, -0.2) is 89.4 Å². The molecular weight excluding hydrogens is 644 g/mol. The number of benzene rings is 3. The molecule has 0 unspecified atom stereocenters. The molecule has 258 valence electrons. The van der Waals surface area contributed by atoms with E-state index in [-0.39, 0.29) is 17.3 Å². The third-order valence-corrected chi connectivity index (χ3v) is 8.21. The number of halogens is 6. The summed E-state index contributed by atoms with van der Waals surface area (Å²) >= 11 is 0. The molecule has 3 aromatic carbocycles. The van der Waals surface area contributed by atoms with Crippen molar-refractivity contribution in [3.05, 3.63) is 82.9 Å². The van der Waals surface area contributed by atoms with E-state index < -0.39 is 40.9 Å². The van der Waals surface area contributed by atoms with E-state index in [1.807, 2.05) is 29.2 Å². The highest BCUT2D eigenvalue weighted by Gasteiger charge is 2.37. The molecule has 0 bridgehead atoms. The minimum atomic E-state index is -5.11. The summed E-state index contributed by atoms with van der Waals surface area (Å²) in [4.78, 5) is 32.9. The Hall–Kier alpha value is -4.50. The lowest BCUT2D eigenvalue weighted by molar-refractivity contribution is -0.143. The minimum absolute atomic E-state index is 0.0284. The molecule has 3 aromatic rings. The topological polar surface area (TPSA) is 86.4 Å². The fraction of sp³-hybridized carbons (Fsp3) is 0.394. The second-order valence-electron chi connectivity index (χ2n) is 11.3. The zero-order valence-electron chi connectivity index (χ0n) is 26.1. The molecule has 2 saturated heterocycles. The van der Waals surface area contributed by atoms with Gasteiger partial charge in [-0.3, -0.25) is 14.5 Å². The summed E-state index contributed by atoms with van der Waals surface area (Å²) in [5, 5.41) is 5.27. The Balaban J connectivity index is 1.38. The van der Waals surface area contributed by atoms with Crippen LogP contribution in [0.5, 0.6) is 5.75 Å². The van der Waals surface area contributed by atoms with Crippen molar-refractivity contribution in [1.29, 1.82) is 0 Å². The third-order valence-electron chi connectivity index (χ3n) is 8.21. The number of nitrogens with zero attached hydrogens (tertiary/aromatic N) is 3. The van der Waals surface area contributed by atoms with E-state index in [0.29, 0.717) is 70.3 Å². The van der Waals surface area contributed by atoms with E-state index in [9.17, 15) is 35.9 Å². The van der Waals surface area contributed by atoms with Gasteiger partial charge in [-0.05, 0) is 48.5 Å². The molecule has 0 radical (unpaired) electrons. The van der Waals surface area contributed by atoms with E-state index in [4.69, 9.17) is 9.47 Å². The van der Waals surface area contributed by atoms with E-state index in [1.54, 1.807) is 13.2 Å². The number of methoxy groups -OCH3 is 1. The number of amides is 2. The van der Waals surface area contributed by atoms with Crippen LogP contribution in [0.3, 0.4) is 0 Å². The maximum Gasteiger partial charge on any atom is 0.416 e. The third kappa shape index (κ3) is 8.50. The Bertz CT molecular complexity index is 1570. The largest absolute Gasteiger partial charge is 0.495 e. The molecule has 0 aliphatic carbocycles. The van der Waals surface area contributed by atoms with E-state index in [0.717, 1.165) is 24.5 Å². The van der Waals surface area contributed by atoms with Gasteiger partial charge in [0.2, 0.25) is 0 Å². The monoisotopic (exact) mass is 679 g/mol. The SMILES string of the molecule is COc1ccccc1N1CCN(c2ccc(NC(=O)c3cc(C(F)(F)F)cc(C(F)(F)F)c3)cc2C(=O)NCCN2CCOCC2)CC1. The first-order chi connectivity index (χ1) is 22.8. The lowest BCUT2D eigenvalue weighted by atomic mass is 10.0. The van der Waals surface area contributed by atoms with Crippen molar-refractivity contribution in [2.45, 2.75) is 12.4 Å². The van der Waals surface area contributed by atoms with Gasteiger partial charge in [0.1, 0.15) is 5.75 Å². The zero-order valence-corrected chi connectivity index (χ0v) is 26.1. The van der Waals surface area contributed by atoms with Crippen LogP contribution in [0.25, 0.3) is 0 Å². The first-order valence-electron chi connectivity index (χ1n) is 15.3. The number of carbonyl (C=O) groups excluding carboxylic acids is 2. The van der Waals surface area contributed by atoms with Gasteiger partial charge in [0.15, 0.2) is 0 Å². The molecule has 0 saturated carbocycles. The van der Waals surface area contributed by atoms with Crippen LogP contribution in [0.4, 0.5) is 43.4 Å². The molecule has 2 aliphatic heterocycles. The van der Waals surface area contributed by atoms with Gasteiger partial charge >= 0.3 is 12.4 Å². The van der Waals surface area contributed by atoms with Crippen molar-refractivity contribution in [2.75, 3.05) is 87.8 Å². The van der Waals surface area contributed by atoms with Crippen LogP contribution < -0.4 is 25.2 Å². The number of anilines is 3. The number of piperazine rings is 1. The fourth-order valence-electron chi connectivity index (χ4n) is 5.69. The number of hydrogen-bond acceptors (Lipinski definition) is 7. The predicted octanol–water partition coefficient (Wildman–Crippen LogP) is 5.37. The highest BCUT2D eigenvalue weighted by Crippen LogP contribution is 2.37. The molecule has 0 spiro atoms. The van der Waals surface area contributed by atoms with Crippen molar-refractivity contribution < 1.29 is 45.4 Å². The number of ether oxygens (including phenoxy) is 2. The Labute approximate surface area is 273 Å². The second-order valence-corrected chi connectivity index (χ2v) is 11.3. The Morgan fingerprint density at radius 3 is 1.98 bits per heavy atom. The van der Waals surface area contributed by atoms with Gasteiger partial charge < -0.3 is 29.9 Å². The number of alkyl halides is 6. The number of hydrogen-bond donors (Lipinski definition) is 2. The quantitative estimate of drug-likeness (QED) is 0.294. The standard InChI is InChI=1S/C33H35F6N5O4/c1-47-29-5-3-2-4-28(29)44-12-10-43(11-13-44)27-7-6-25(21-26(27)31(46)40-8-9-42-14-16-48-17-15-42)41-30(45)22-18-23(32(34,35)36)20-24(19-22)33(37,38)39/h2-7,18-21H,8-17H2,1H3,(H,40,46)(H,41,45). The molecule has 0 atom stereocenters. The summed E-state index contributed by atoms with van der Waals surface area (Å²) in [5.74, 6) is -0.905. The van der Waals surface area contributed by atoms with Crippen molar-refractivity contribution >= 4 is 28.9 Å². The summed E-state index contributed by atoms with van der Waals surface area (Å²) < 4.78 is 91.3. The summed E-state index contributed by atoms with van der Waals surface area (Å²) in [7, 11) is 1.60. The van der Waals surface area contributed by atoms with E-state index >= 15 is 0 Å². The molecule has 48 heavy (non-hydrogen) atoms. The molecule has 2 amide bonds. The molecule has 0 aromatic heterocycles. The van der Waals surface area contributed by atoms with Crippen LogP contribution in [0.1, 0.15) is 31.8 Å². The maximum atomic E-state index is 13.6. The molecule has 9 nitrogen and oxygen atoms in total. The number of para-hydroxylation sites is 2. The zero-order chi connectivity index (χ0) is 34.5. The van der Waals surface area contributed by atoms with Crippen LogP contribution >= 0.6 is 0 Å². The van der Waals surface area contributed by atoms with Crippen LogP contribution in [0.15, 0.2) is 60.7 Å². The first kappa shape index (κ1) is 34.8. The van der Waals surface area contributed by atoms with Gasteiger partial charge in [-0.15, -0.1) is 0 Å². The molecule has 5 rings (SSSR count). The minimum Gasteiger partial charge on any atom is -0.495 e. The lowest BCUT2D eigenvalue weighted by Gasteiger charge is -2.38.